The molecule has 3 heteroatoms. The molecule has 0 atom stereocenters. The summed E-state index contributed by atoms with van der Waals surface area (Å²) in [6, 6.07) is 83.3. The summed E-state index contributed by atoms with van der Waals surface area (Å²) in [5.74, 6) is 0.745. The monoisotopic (exact) mass is 820 g/mol. The molecule has 9 aromatic carbocycles. The van der Waals surface area contributed by atoms with Gasteiger partial charge in [-0.2, -0.15) is 0 Å². The molecule has 2 nitrogen and oxygen atoms in total. The average molecular weight is 821 g/mol. The molecule has 2 heterocycles. The zero-order chi connectivity index (χ0) is 42.3. The third kappa shape index (κ3) is 6.84. The number of hydrogen-bond acceptors (Lipinski definition) is 2. The molecule has 0 unspecified atom stereocenters. The van der Waals surface area contributed by atoms with E-state index in [1.165, 1.54) is 66.0 Å². The van der Waals surface area contributed by atoms with E-state index >= 15 is 0 Å². The van der Waals surface area contributed by atoms with Gasteiger partial charge >= 0.3 is 0 Å². The number of hydrogen-bond donors (Lipinski definition) is 0. The Hall–Kier alpha value is -7.72. The van der Waals surface area contributed by atoms with Crippen LogP contribution in [-0.4, -0.2) is 18.0 Å². The quantitative estimate of drug-likeness (QED) is 0.143. The van der Waals surface area contributed by atoms with E-state index in [0.29, 0.717) is 0 Å². The van der Waals surface area contributed by atoms with E-state index in [9.17, 15) is 0 Å². The van der Waals surface area contributed by atoms with Crippen molar-refractivity contribution in [3.8, 4) is 101 Å². The zero-order valence-electron chi connectivity index (χ0n) is 35.3. The Bertz CT molecular complexity index is 3270. The van der Waals surface area contributed by atoms with Crippen molar-refractivity contribution in [2.45, 2.75) is 13.1 Å². The van der Waals surface area contributed by atoms with E-state index in [1.54, 1.807) is 0 Å². The minimum atomic E-state index is -2.06. The van der Waals surface area contributed by atoms with Gasteiger partial charge in [-0.1, -0.05) is 225 Å². The Morgan fingerprint density at radius 2 is 0.683 bits per heavy atom. The van der Waals surface area contributed by atoms with Gasteiger partial charge < -0.3 is 0 Å². The molecule has 0 saturated heterocycles. The van der Waals surface area contributed by atoms with E-state index in [2.05, 4.69) is 244 Å². The standard InChI is InChI=1S/C60H44N2Si/c1-63(2)53-37-19-18-36-50(53)58-59(63)57(45-30-16-7-17-31-45)61-60(62-58)49-35-21-33-47(39-49)46-32-20-34-48(38-46)52-40-51(41-22-8-3-9-23-41)54(42-24-10-4-11-25-42)56(44-28-14-6-15-29-44)55(52)43-26-12-5-13-27-43/h3-40H,1-2H3. The van der Waals surface area contributed by atoms with Crippen LogP contribution in [0.15, 0.2) is 231 Å². The summed E-state index contributed by atoms with van der Waals surface area (Å²) in [5.41, 5.74) is 19.6. The molecule has 1 aliphatic heterocycles. The first-order chi connectivity index (χ1) is 31.0. The van der Waals surface area contributed by atoms with Crippen LogP contribution in [0.5, 0.6) is 0 Å². The lowest BCUT2D eigenvalue weighted by Gasteiger charge is -2.24. The molecule has 0 radical (unpaired) electrons. The molecular formula is C60H44N2Si. The molecule has 0 fully saturated rings. The summed E-state index contributed by atoms with van der Waals surface area (Å²) in [4.78, 5) is 10.9. The highest BCUT2D eigenvalue weighted by Crippen LogP contribution is 2.50. The lowest BCUT2D eigenvalue weighted by atomic mass is 9.78. The highest BCUT2D eigenvalue weighted by molar-refractivity contribution is 7.04. The first-order valence-electron chi connectivity index (χ1n) is 21.7. The molecule has 0 N–H and O–H groups in total. The Balaban J connectivity index is 1.12. The second kappa shape index (κ2) is 16.0. The molecule has 1 aromatic heterocycles. The van der Waals surface area contributed by atoms with Gasteiger partial charge in [0.15, 0.2) is 5.82 Å². The van der Waals surface area contributed by atoms with Gasteiger partial charge in [0.1, 0.15) is 8.07 Å². The molecule has 0 aliphatic carbocycles. The fourth-order valence-electron chi connectivity index (χ4n) is 9.71. The first kappa shape index (κ1) is 38.2. The number of nitrogens with zero attached hydrogens (tertiary/aromatic N) is 2. The maximum atomic E-state index is 5.44. The van der Waals surface area contributed by atoms with Crippen molar-refractivity contribution in [1.82, 2.24) is 9.97 Å². The van der Waals surface area contributed by atoms with Crippen molar-refractivity contribution >= 4 is 18.4 Å². The second-order valence-corrected chi connectivity index (χ2v) is 21.2. The molecular weight excluding hydrogens is 777 g/mol. The largest absolute Gasteiger partial charge is 0.228 e. The van der Waals surface area contributed by atoms with E-state index in [4.69, 9.17) is 9.97 Å². The molecule has 0 amide bonds. The van der Waals surface area contributed by atoms with Crippen LogP contribution in [0.1, 0.15) is 0 Å². The number of benzene rings is 9. The van der Waals surface area contributed by atoms with Crippen molar-refractivity contribution in [3.05, 3.63) is 231 Å². The zero-order valence-corrected chi connectivity index (χ0v) is 36.3. The molecule has 63 heavy (non-hydrogen) atoms. The van der Waals surface area contributed by atoms with Crippen molar-refractivity contribution in [2.75, 3.05) is 0 Å². The molecule has 10 aromatic rings. The maximum Gasteiger partial charge on any atom is 0.160 e. The van der Waals surface area contributed by atoms with Crippen molar-refractivity contribution < 1.29 is 0 Å². The minimum absolute atomic E-state index is 0.745. The van der Waals surface area contributed by atoms with Crippen LogP contribution >= 0.6 is 0 Å². The minimum Gasteiger partial charge on any atom is -0.228 e. The third-order valence-corrected chi connectivity index (χ3v) is 16.2. The maximum absolute atomic E-state index is 5.44. The Morgan fingerprint density at radius 1 is 0.286 bits per heavy atom. The number of fused-ring (bicyclic) bond motifs is 3. The van der Waals surface area contributed by atoms with Gasteiger partial charge in [-0.3, -0.25) is 0 Å². The van der Waals surface area contributed by atoms with Gasteiger partial charge in [-0.25, -0.2) is 9.97 Å². The van der Waals surface area contributed by atoms with Gasteiger partial charge in [-0.05, 0) is 101 Å². The lowest BCUT2D eigenvalue weighted by Crippen LogP contribution is -2.50. The molecule has 0 bridgehead atoms. The fourth-order valence-corrected chi connectivity index (χ4v) is 12.9. The molecule has 298 valence electrons. The van der Waals surface area contributed by atoms with Crippen LogP contribution < -0.4 is 10.4 Å². The highest BCUT2D eigenvalue weighted by atomic mass is 28.3. The van der Waals surface area contributed by atoms with Crippen LogP contribution in [0.25, 0.3) is 101 Å². The van der Waals surface area contributed by atoms with Gasteiger partial charge in [0.2, 0.25) is 0 Å². The van der Waals surface area contributed by atoms with E-state index < -0.39 is 8.07 Å². The Labute approximate surface area is 370 Å². The lowest BCUT2D eigenvalue weighted by molar-refractivity contribution is 1.20. The van der Waals surface area contributed by atoms with E-state index in [0.717, 1.165) is 45.0 Å². The SMILES string of the molecule is C[Si]1(C)c2ccccc2-c2nc(-c3cccc(-c4cccc(-c5cc(-c6ccccc6)c(-c6ccccc6)c(-c6ccccc6)c5-c5ccccc5)c4)c3)nc(-c3ccccc3)c21. The van der Waals surface area contributed by atoms with Crippen molar-refractivity contribution in [1.29, 1.82) is 0 Å². The first-order valence-corrected chi connectivity index (χ1v) is 24.7. The number of rotatable bonds is 8. The van der Waals surface area contributed by atoms with Crippen molar-refractivity contribution in [2.24, 2.45) is 0 Å². The average Bonchev–Trinajstić information content (AvgIpc) is 3.60. The second-order valence-electron chi connectivity index (χ2n) is 16.9. The van der Waals surface area contributed by atoms with Crippen molar-refractivity contribution in [3.63, 3.8) is 0 Å². The van der Waals surface area contributed by atoms with E-state index in [-0.39, 0.29) is 0 Å². The van der Waals surface area contributed by atoms with Crippen LogP contribution in [0.3, 0.4) is 0 Å². The predicted octanol–water partition coefficient (Wildman–Crippen LogP) is 14.6. The molecule has 0 saturated carbocycles. The van der Waals surface area contributed by atoms with Gasteiger partial charge in [0.25, 0.3) is 0 Å². The smallest absolute Gasteiger partial charge is 0.160 e. The number of aromatic nitrogens is 2. The van der Waals surface area contributed by atoms with E-state index in [1.807, 2.05) is 0 Å². The fraction of sp³-hybridized carbons (Fsp3) is 0.0333. The van der Waals surface area contributed by atoms with Gasteiger partial charge in [0, 0.05) is 11.1 Å². The van der Waals surface area contributed by atoms with Gasteiger partial charge in [-0.15, -0.1) is 0 Å². The van der Waals surface area contributed by atoms with Crippen LogP contribution in [-0.2, 0) is 0 Å². The topological polar surface area (TPSA) is 25.8 Å². The normalized spacial score (nSPS) is 12.4. The Morgan fingerprint density at radius 3 is 1.25 bits per heavy atom. The third-order valence-electron chi connectivity index (χ3n) is 12.7. The van der Waals surface area contributed by atoms with Crippen LogP contribution in [0.4, 0.5) is 0 Å². The van der Waals surface area contributed by atoms with Crippen LogP contribution in [0.2, 0.25) is 13.1 Å². The molecule has 1 aliphatic rings. The summed E-state index contributed by atoms with van der Waals surface area (Å²) in [6.45, 7) is 4.87. The van der Waals surface area contributed by atoms with Crippen LogP contribution in [0, 0.1) is 0 Å². The summed E-state index contributed by atoms with van der Waals surface area (Å²) >= 11 is 0. The predicted molar refractivity (Wildman–Crippen MR) is 268 cm³/mol. The molecule has 0 spiro atoms. The summed E-state index contributed by atoms with van der Waals surface area (Å²) in [6.07, 6.45) is 0. The summed E-state index contributed by atoms with van der Waals surface area (Å²) < 4.78 is 0. The summed E-state index contributed by atoms with van der Waals surface area (Å²) in [7, 11) is -2.06. The Kier molecular flexibility index (Phi) is 9.68. The highest BCUT2D eigenvalue weighted by Gasteiger charge is 2.41. The van der Waals surface area contributed by atoms with Gasteiger partial charge in [0.05, 0.1) is 11.4 Å². The summed E-state index contributed by atoms with van der Waals surface area (Å²) in [5, 5.41) is 2.74. The molecule has 11 rings (SSSR count).